The molecule has 0 spiro atoms. The first-order valence-corrected chi connectivity index (χ1v) is 9.02. The second-order valence-corrected chi connectivity index (χ2v) is 7.46. The molecule has 0 radical (unpaired) electrons. The third-order valence-corrected chi connectivity index (χ3v) is 5.38. The van der Waals surface area contributed by atoms with Crippen molar-refractivity contribution in [1.29, 1.82) is 5.26 Å². The first-order valence-electron chi connectivity index (χ1n) is 7.53. The van der Waals surface area contributed by atoms with Gasteiger partial charge in [-0.25, -0.2) is 13.1 Å². The number of carbonyl (C=O) groups is 1. The van der Waals surface area contributed by atoms with Crippen LogP contribution in [0, 0.1) is 18.3 Å². The van der Waals surface area contributed by atoms with Crippen molar-refractivity contribution in [2.24, 2.45) is 0 Å². The van der Waals surface area contributed by atoms with Gasteiger partial charge in [0, 0.05) is 6.42 Å². The van der Waals surface area contributed by atoms with Gasteiger partial charge in [-0.1, -0.05) is 6.07 Å². The lowest BCUT2D eigenvalue weighted by molar-refractivity contribution is -0.120. The van der Waals surface area contributed by atoms with Crippen molar-refractivity contribution in [1.82, 2.24) is 4.72 Å². The molecule has 1 aliphatic rings. The van der Waals surface area contributed by atoms with E-state index >= 15 is 0 Å². The molecule has 6 nitrogen and oxygen atoms in total. The summed E-state index contributed by atoms with van der Waals surface area (Å²) in [7, 11) is -3.97. The average molecular weight is 336 g/mol. The number of hydrogen-bond donors (Lipinski definition) is 1. The molecular formula is C16H20N2O4S. The molecule has 1 amide bonds. The Hall–Kier alpha value is -1.91. The fourth-order valence-corrected chi connectivity index (χ4v) is 3.89. The Balaban J connectivity index is 2.00. The van der Waals surface area contributed by atoms with Gasteiger partial charge in [0.15, 0.2) is 0 Å². The summed E-state index contributed by atoms with van der Waals surface area (Å²) in [5.41, 5.74) is 0.717. The Kier molecular flexibility index (Phi) is 5.39. The van der Waals surface area contributed by atoms with Gasteiger partial charge in [-0.15, -0.1) is 0 Å². The summed E-state index contributed by atoms with van der Waals surface area (Å²) in [6, 6.07) is 6.25. The van der Waals surface area contributed by atoms with Gasteiger partial charge >= 0.3 is 0 Å². The lowest BCUT2D eigenvalue weighted by atomic mass is 10.1. The summed E-state index contributed by atoms with van der Waals surface area (Å²) < 4.78 is 32.3. The number of amides is 1. The van der Waals surface area contributed by atoms with Gasteiger partial charge in [0.1, 0.15) is 0 Å². The van der Waals surface area contributed by atoms with Crippen LogP contribution in [0.1, 0.15) is 43.7 Å². The maximum absolute atomic E-state index is 12.3. The van der Waals surface area contributed by atoms with E-state index < -0.39 is 15.9 Å². The maximum atomic E-state index is 12.3. The molecule has 1 saturated heterocycles. The van der Waals surface area contributed by atoms with E-state index in [-0.39, 0.29) is 29.1 Å². The van der Waals surface area contributed by atoms with Crippen molar-refractivity contribution in [2.75, 3.05) is 0 Å². The first-order chi connectivity index (χ1) is 10.8. The van der Waals surface area contributed by atoms with Gasteiger partial charge < -0.3 is 4.74 Å². The fourth-order valence-electron chi connectivity index (χ4n) is 2.60. The highest BCUT2D eigenvalue weighted by molar-refractivity contribution is 7.90. The molecule has 1 aromatic rings. The van der Waals surface area contributed by atoms with Gasteiger partial charge in [-0.05, 0) is 50.8 Å². The van der Waals surface area contributed by atoms with Crippen molar-refractivity contribution < 1.29 is 17.9 Å². The summed E-state index contributed by atoms with van der Waals surface area (Å²) in [5.74, 6) is -0.560. The largest absolute Gasteiger partial charge is 0.375 e. The summed E-state index contributed by atoms with van der Waals surface area (Å²) in [5, 5.41) is 8.88. The molecule has 1 N–H and O–H groups in total. The number of nitrogens with zero attached hydrogens (tertiary/aromatic N) is 1. The molecule has 1 aliphatic heterocycles. The van der Waals surface area contributed by atoms with Crippen molar-refractivity contribution in [3.63, 3.8) is 0 Å². The summed E-state index contributed by atoms with van der Waals surface area (Å²) in [4.78, 5) is 11.9. The topological polar surface area (TPSA) is 96.3 Å². The quantitative estimate of drug-likeness (QED) is 0.887. The minimum absolute atomic E-state index is 0.0158. The zero-order chi connectivity index (χ0) is 17.0. The second-order valence-electron chi connectivity index (χ2n) is 5.81. The van der Waals surface area contributed by atoms with Crippen LogP contribution in [0.15, 0.2) is 23.1 Å². The van der Waals surface area contributed by atoms with E-state index in [1.807, 2.05) is 13.0 Å². The van der Waals surface area contributed by atoms with Crippen LogP contribution in [-0.4, -0.2) is 26.5 Å². The highest BCUT2D eigenvalue weighted by Gasteiger charge is 2.24. The van der Waals surface area contributed by atoms with Gasteiger partial charge in [0.05, 0.1) is 28.7 Å². The van der Waals surface area contributed by atoms with Crippen LogP contribution in [0.5, 0.6) is 0 Å². The van der Waals surface area contributed by atoms with Crippen LogP contribution in [0.2, 0.25) is 0 Å². The van der Waals surface area contributed by atoms with E-state index in [4.69, 9.17) is 10.00 Å². The Morgan fingerprint density at radius 3 is 2.78 bits per heavy atom. The molecule has 0 bridgehead atoms. The minimum atomic E-state index is -3.97. The van der Waals surface area contributed by atoms with Crippen LogP contribution in [0.4, 0.5) is 0 Å². The second kappa shape index (κ2) is 7.11. The molecular weight excluding hydrogens is 316 g/mol. The van der Waals surface area contributed by atoms with Gasteiger partial charge in [-0.3, -0.25) is 4.79 Å². The molecule has 0 saturated carbocycles. The molecule has 1 heterocycles. The number of rotatable bonds is 5. The predicted octanol–water partition coefficient (Wildman–Crippen LogP) is 2.02. The van der Waals surface area contributed by atoms with Crippen LogP contribution in [0.3, 0.4) is 0 Å². The highest BCUT2D eigenvalue weighted by Crippen LogP contribution is 2.23. The summed E-state index contributed by atoms with van der Waals surface area (Å²) >= 11 is 0. The third kappa shape index (κ3) is 4.53. The van der Waals surface area contributed by atoms with Crippen LogP contribution in [0.25, 0.3) is 0 Å². The molecule has 23 heavy (non-hydrogen) atoms. The van der Waals surface area contributed by atoms with Gasteiger partial charge in [0.2, 0.25) is 5.91 Å². The molecule has 0 unspecified atom stereocenters. The van der Waals surface area contributed by atoms with E-state index in [0.717, 1.165) is 12.8 Å². The fraction of sp³-hybridized carbons (Fsp3) is 0.500. The zero-order valence-electron chi connectivity index (χ0n) is 13.2. The third-order valence-electron chi connectivity index (χ3n) is 3.87. The van der Waals surface area contributed by atoms with E-state index in [0.29, 0.717) is 12.0 Å². The molecule has 1 fully saturated rings. The molecule has 0 aromatic heterocycles. The Morgan fingerprint density at radius 1 is 1.43 bits per heavy atom. The van der Waals surface area contributed by atoms with Crippen LogP contribution >= 0.6 is 0 Å². The smallest absolute Gasteiger partial charge is 0.264 e. The lowest BCUT2D eigenvalue weighted by Crippen LogP contribution is -2.31. The number of nitrogens with one attached hydrogen (secondary N) is 1. The molecule has 0 aliphatic carbocycles. The van der Waals surface area contributed by atoms with E-state index in [2.05, 4.69) is 4.72 Å². The maximum Gasteiger partial charge on any atom is 0.264 e. The normalized spacial score (nSPS) is 20.9. The number of nitriles is 1. The van der Waals surface area contributed by atoms with Crippen molar-refractivity contribution in [3.8, 4) is 6.07 Å². The number of carbonyl (C=O) groups excluding carboxylic acids is 1. The number of hydrogen-bond acceptors (Lipinski definition) is 5. The number of ether oxygens (including phenoxy) is 1. The Morgan fingerprint density at radius 2 is 2.17 bits per heavy atom. The average Bonchev–Trinajstić information content (AvgIpc) is 2.90. The van der Waals surface area contributed by atoms with E-state index in [9.17, 15) is 13.2 Å². The van der Waals surface area contributed by atoms with Crippen molar-refractivity contribution in [3.05, 3.63) is 29.3 Å². The molecule has 7 heteroatoms. The highest BCUT2D eigenvalue weighted by atomic mass is 32.2. The lowest BCUT2D eigenvalue weighted by Gasteiger charge is -2.12. The monoisotopic (exact) mass is 336 g/mol. The van der Waals surface area contributed by atoms with Gasteiger partial charge in [0.25, 0.3) is 10.0 Å². The SMILES string of the molecule is Cc1ccc(C#N)cc1S(=O)(=O)NC(=O)CC[C@H]1CC[C@H](C)O1. The molecule has 2 atom stereocenters. The van der Waals surface area contributed by atoms with Crippen molar-refractivity contribution in [2.45, 2.75) is 56.6 Å². The standard InChI is InChI=1S/C16H20N2O4S/c1-11-3-5-13(10-17)9-15(11)23(20,21)18-16(19)8-7-14-6-4-12(2)22-14/h3,5,9,12,14H,4,6-8H2,1-2H3,(H,18,19)/t12-,14+/m0/s1. The van der Waals surface area contributed by atoms with Crippen LogP contribution < -0.4 is 4.72 Å². The number of sulfonamides is 1. The summed E-state index contributed by atoms with van der Waals surface area (Å²) in [6.45, 7) is 3.60. The molecule has 1 aromatic carbocycles. The number of benzene rings is 1. The Bertz CT molecular complexity index is 737. The minimum Gasteiger partial charge on any atom is -0.375 e. The van der Waals surface area contributed by atoms with E-state index in [1.165, 1.54) is 12.1 Å². The van der Waals surface area contributed by atoms with E-state index in [1.54, 1.807) is 13.0 Å². The molecule has 124 valence electrons. The zero-order valence-corrected chi connectivity index (χ0v) is 14.0. The predicted molar refractivity (Wildman–Crippen MR) is 84.0 cm³/mol. The van der Waals surface area contributed by atoms with Crippen LogP contribution in [-0.2, 0) is 19.6 Å². The summed E-state index contributed by atoms with van der Waals surface area (Å²) in [6.07, 6.45) is 2.66. The molecule has 2 rings (SSSR count). The number of aryl methyl sites for hydroxylation is 1. The van der Waals surface area contributed by atoms with Crippen molar-refractivity contribution >= 4 is 15.9 Å². The van der Waals surface area contributed by atoms with Gasteiger partial charge in [-0.2, -0.15) is 5.26 Å². The first kappa shape index (κ1) is 17.4. The Labute approximate surface area is 136 Å².